The van der Waals surface area contributed by atoms with E-state index in [1.165, 1.54) is 18.1 Å². The fraction of sp³-hybridized carbons (Fsp3) is 0.467. The van der Waals surface area contributed by atoms with Crippen LogP contribution in [0.5, 0.6) is 5.75 Å². The van der Waals surface area contributed by atoms with Crippen LogP contribution in [0, 0.1) is 5.41 Å². The summed E-state index contributed by atoms with van der Waals surface area (Å²) in [7, 11) is -0.897. The highest BCUT2D eigenvalue weighted by Gasteiger charge is 2.54. The number of nitrogens with one attached hydrogen (secondary N) is 1. The van der Waals surface area contributed by atoms with Crippen molar-refractivity contribution >= 4 is 31.2 Å². The van der Waals surface area contributed by atoms with Crippen LogP contribution in [-0.2, 0) is 0 Å². The number of hydrogen-bond acceptors (Lipinski definition) is 5. The van der Waals surface area contributed by atoms with Crippen LogP contribution in [0.1, 0.15) is 34.7 Å². The number of fused-ring (bicyclic) bond motifs is 3. The molecule has 2 aliphatic heterocycles. The summed E-state index contributed by atoms with van der Waals surface area (Å²) in [4.78, 5) is 14.4. The van der Waals surface area contributed by atoms with Gasteiger partial charge in [-0.25, -0.2) is 4.79 Å². The lowest BCUT2D eigenvalue weighted by Crippen LogP contribution is -2.27. The molecule has 6 nitrogen and oxygen atoms in total. The molecule has 2 heterocycles. The third-order valence-electron chi connectivity index (χ3n) is 4.86. The summed E-state index contributed by atoms with van der Waals surface area (Å²) < 4.78 is 5.54. The predicted molar refractivity (Wildman–Crippen MR) is 87.7 cm³/mol. The molecule has 1 aliphatic carbocycles. The van der Waals surface area contributed by atoms with E-state index >= 15 is 0 Å². The average Bonchev–Trinajstić information content (AvgIpc) is 3.20. The molecular weight excluding hydrogens is 315 g/mol. The summed E-state index contributed by atoms with van der Waals surface area (Å²) in [6, 6.07) is 3.82. The van der Waals surface area contributed by atoms with Gasteiger partial charge in [0.05, 0.1) is 6.34 Å². The van der Waals surface area contributed by atoms with Gasteiger partial charge in [-0.05, 0) is 30.4 Å². The average molecular weight is 332 g/mol. The zero-order chi connectivity index (χ0) is 16.1. The molecular formula is C15H17BN2O4S. The van der Waals surface area contributed by atoms with Crippen LogP contribution in [0.2, 0.25) is 5.82 Å². The molecule has 3 atom stereocenters. The van der Waals surface area contributed by atoms with E-state index in [4.69, 9.17) is 10.1 Å². The second kappa shape index (κ2) is 5.45. The van der Waals surface area contributed by atoms with Gasteiger partial charge in [0.25, 0.3) is 0 Å². The van der Waals surface area contributed by atoms with Crippen molar-refractivity contribution in [3.8, 4) is 5.75 Å². The molecule has 1 aromatic rings. The molecule has 0 spiro atoms. The Hall–Kier alpha value is -1.67. The van der Waals surface area contributed by atoms with Crippen LogP contribution in [0.4, 0.5) is 0 Å². The van der Waals surface area contributed by atoms with Crippen molar-refractivity contribution in [3.05, 3.63) is 23.3 Å². The van der Waals surface area contributed by atoms with E-state index in [-0.39, 0.29) is 22.5 Å². The molecule has 0 radical (unpaired) electrons. The fourth-order valence-electron chi connectivity index (χ4n) is 3.54. The topological polar surface area (TPSA) is 93.9 Å². The van der Waals surface area contributed by atoms with E-state index in [0.717, 1.165) is 31.5 Å². The Morgan fingerprint density at radius 1 is 1.52 bits per heavy atom. The molecule has 0 bridgehead atoms. The van der Waals surface area contributed by atoms with Crippen molar-refractivity contribution in [2.24, 2.45) is 0 Å². The first-order valence-electron chi connectivity index (χ1n) is 7.74. The SMILES string of the molecule is N=CN1CCC(Sc2ccc3c(c2C(=O)O)OB(O)C2CC32)C1. The molecule has 2 fully saturated rings. The number of hydrogen-bond donors (Lipinski definition) is 3. The van der Waals surface area contributed by atoms with E-state index < -0.39 is 13.1 Å². The molecule has 1 saturated carbocycles. The number of carboxylic acid groups (broad SMARTS) is 1. The molecule has 1 saturated heterocycles. The van der Waals surface area contributed by atoms with Crippen molar-refractivity contribution in [2.45, 2.75) is 34.7 Å². The minimum atomic E-state index is -1.02. The first-order valence-corrected chi connectivity index (χ1v) is 8.62. The summed E-state index contributed by atoms with van der Waals surface area (Å²) in [5.41, 5.74) is 1.08. The van der Waals surface area contributed by atoms with E-state index in [0.29, 0.717) is 10.6 Å². The number of likely N-dealkylation sites (tertiary alicyclic amines) is 1. The monoisotopic (exact) mass is 332 g/mol. The van der Waals surface area contributed by atoms with Gasteiger partial charge in [-0.1, -0.05) is 6.07 Å². The number of benzene rings is 1. The second-order valence-electron chi connectivity index (χ2n) is 6.33. The number of nitrogens with zero attached hydrogens (tertiary/aromatic N) is 1. The largest absolute Gasteiger partial charge is 0.535 e. The van der Waals surface area contributed by atoms with Crippen molar-refractivity contribution in [1.29, 1.82) is 5.41 Å². The molecule has 120 valence electrons. The lowest BCUT2D eigenvalue weighted by atomic mass is 9.77. The van der Waals surface area contributed by atoms with Crippen molar-refractivity contribution in [3.63, 3.8) is 0 Å². The van der Waals surface area contributed by atoms with Crippen molar-refractivity contribution < 1.29 is 19.6 Å². The summed E-state index contributed by atoms with van der Waals surface area (Å²) in [6.07, 6.45) is 3.11. The molecule has 1 aromatic carbocycles. The zero-order valence-corrected chi connectivity index (χ0v) is 13.3. The Labute approximate surface area is 138 Å². The molecule has 4 rings (SSSR count). The number of carbonyl (C=O) groups is 1. The Morgan fingerprint density at radius 3 is 3.04 bits per heavy atom. The van der Waals surface area contributed by atoms with E-state index in [2.05, 4.69) is 0 Å². The Morgan fingerprint density at radius 2 is 2.35 bits per heavy atom. The van der Waals surface area contributed by atoms with Gasteiger partial charge >= 0.3 is 13.1 Å². The van der Waals surface area contributed by atoms with E-state index in [9.17, 15) is 14.9 Å². The van der Waals surface area contributed by atoms with Crippen LogP contribution in [-0.4, -0.2) is 52.8 Å². The minimum absolute atomic E-state index is 0.110. The summed E-state index contributed by atoms with van der Waals surface area (Å²) in [5, 5.41) is 27.2. The van der Waals surface area contributed by atoms with Gasteiger partial charge in [0.1, 0.15) is 11.3 Å². The maximum Gasteiger partial charge on any atom is 0.526 e. The lowest BCUT2D eigenvalue weighted by molar-refractivity contribution is 0.0690. The molecule has 8 heteroatoms. The van der Waals surface area contributed by atoms with Crippen LogP contribution >= 0.6 is 11.8 Å². The van der Waals surface area contributed by atoms with Gasteiger partial charge in [0, 0.05) is 29.1 Å². The minimum Gasteiger partial charge on any atom is -0.535 e. The molecule has 3 N–H and O–H groups in total. The lowest BCUT2D eigenvalue weighted by Gasteiger charge is -2.23. The molecule has 23 heavy (non-hydrogen) atoms. The summed E-state index contributed by atoms with van der Waals surface area (Å²) in [5.74, 6) is -0.336. The van der Waals surface area contributed by atoms with Crippen LogP contribution in [0.25, 0.3) is 0 Å². The van der Waals surface area contributed by atoms with E-state index in [1.807, 2.05) is 17.0 Å². The van der Waals surface area contributed by atoms with Crippen LogP contribution in [0.3, 0.4) is 0 Å². The molecule has 0 amide bonds. The zero-order valence-electron chi connectivity index (χ0n) is 12.4. The third kappa shape index (κ3) is 2.50. The highest BCUT2D eigenvalue weighted by molar-refractivity contribution is 8.00. The molecule has 3 unspecified atom stereocenters. The fourth-order valence-corrected chi connectivity index (χ4v) is 4.84. The Bertz CT molecular complexity index is 686. The smallest absolute Gasteiger partial charge is 0.526 e. The Kier molecular flexibility index (Phi) is 3.53. The van der Waals surface area contributed by atoms with Gasteiger partial charge in [-0.3, -0.25) is 5.41 Å². The number of thioether (sulfide) groups is 1. The quantitative estimate of drug-likeness (QED) is 0.443. The second-order valence-corrected chi connectivity index (χ2v) is 7.67. The normalized spacial score (nSPS) is 28.0. The molecule has 3 aliphatic rings. The molecule has 0 aromatic heterocycles. The maximum absolute atomic E-state index is 11.8. The van der Waals surface area contributed by atoms with Crippen LogP contribution in [0.15, 0.2) is 17.0 Å². The van der Waals surface area contributed by atoms with Gasteiger partial charge in [0.15, 0.2) is 0 Å². The predicted octanol–water partition coefficient (Wildman–Crippen LogP) is 1.89. The number of carboxylic acids is 1. The number of rotatable bonds is 4. The summed E-state index contributed by atoms with van der Waals surface area (Å²) in [6.45, 7) is 1.58. The third-order valence-corrected chi connectivity index (χ3v) is 6.17. The highest BCUT2D eigenvalue weighted by atomic mass is 32.2. The standard InChI is InChI=1S/C15H17BN2O4S/c17-7-18-4-3-8(6-18)23-12-2-1-9-10-5-11(10)16(21)22-14(9)13(12)15(19)20/h1-2,7-8,10-11,17,21H,3-6H2,(H,19,20). The van der Waals surface area contributed by atoms with E-state index in [1.54, 1.807) is 0 Å². The maximum atomic E-state index is 11.8. The van der Waals surface area contributed by atoms with Gasteiger partial charge < -0.3 is 19.7 Å². The first-order chi connectivity index (χ1) is 11.1. The first kappa shape index (κ1) is 14.9. The highest BCUT2D eigenvalue weighted by Crippen LogP contribution is 2.60. The van der Waals surface area contributed by atoms with Crippen LogP contribution < -0.4 is 4.65 Å². The van der Waals surface area contributed by atoms with Crippen molar-refractivity contribution in [1.82, 2.24) is 4.90 Å². The van der Waals surface area contributed by atoms with Gasteiger partial charge in [0.2, 0.25) is 0 Å². The van der Waals surface area contributed by atoms with Gasteiger partial charge in [-0.2, -0.15) is 0 Å². The van der Waals surface area contributed by atoms with Gasteiger partial charge in [-0.15, -0.1) is 11.8 Å². The van der Waals surface area contributed by atoms with Crippen molar-refractivity contribution in [2.75, 3.05) is 13.1 Å². The number of aromatic carboxylic acids is 1. The Balaban J connectivity index is 1.66. The summed E-state index contributed by atoms with van der Waals surface area (Å²) >= 11 is 1.53.